The molecule has 0 bridgehead atoms. The molecule has 2 aromatic carbocycles. The van der Waals surface area contributed by atoms with Crippen molar-refractivity contribution >= 4 is 50.1 Å². The molecule has 1 N–H and O–H groups in total. The summed E-state index contributed by atoms with van der Waals surface area (Å²) in [6.07, 6.45) is -0.879. The molecule has 0 aromatic heterocycles. The van der Waals surface area contributed by atoms with E-state index < -0.39 is 6.10 Å². The van der Waals surface area contributed by atoms with Gasteiger partial charge in [-0.05, 0) is 71.0 Å². The quantitative estimate of drug-likeness (QED) is 0.615. The molecule has 1 unspecified atom stereocenters. The summed E-state index contributed by atoms with van der Waals surface area (Å²) in [5.41, 5.74) is 1.71. The van der Waals surface area contributed by atoms with Gasteiger partial charge in [0, 0.05) is 18.6 Å². The zero-order valence-corrected chi connectivity index (χ0v) is 14.4. The molecule has 0 aliphatic heterocycles. The number of halogens is 4. The van der Waals surface area contributed by atoms with Crippen LogP contribution < -0.4 is 0 Å². The van der Waals surface area contributed by atoms with Crippen molar-refractivity contribution in [2.24, 2.45) is 0 Å². The summed E-state index contributed by atoms with van der Waals surface area (Å²) < 4.78 is 15.2. The Morgan fingerprint density at radius 1 is 1.26 bits per heavy atom. The van der Waals surface area contributed by atoms with E-state index in [4.69, 9.17) is 11.6 Å². The van der Waals surface area contributed by atoms with Gasteiger partial charge >= 0.3 is 0 Å². The molecule has 5 heteroatoms. The molecule has 0 aliphatic carbocycles. The molecule has 0 saturated carbocycles. The van der Waals surface area contributed by atoms with Gasteiger partial charge in [0.25, 0.3) is 0 Å². The van der Waals surface area contributed by atoms with Gasteiger partial charge in [0.1, 0.15) is 11.9 Å². The number of aryl methyl sites for hydroxylation is 1. The first kappa shape index (κ1) is 15.2. The second-order valence-corrected chi connectivity index (χ2v) is 6.68. The lowest BCUT2D eigenvalue weighted by Crippen LogP contribution is -2.04. The molecule has 0 heterocycles. The van der Waals surface area contributed by atoms with Crippen LogP contribution in [-0.4, -0.2) is 5.11 Å². The third-order valence-corrected chi connectivity index (χ3v) is 4.63. The fourth-order valence-electron chi connectivity index (χ4n) is 1.78. The summed E-state index contributed by atoms with van der Waals surface area (Å²) in [7, 11) is 0. The molecule has 0 saturated heterocycles. The molecule has 2 rings (SSSR count). The number of benzene rings is 2. The zero-order chi connectivity index (χ0) is 14.2. The highest BCUT2D eigenvalue weighted by molar-refractivity contribution is 14.1. The molecule has 0 fully saturated rings. The van der Waals surface area contributed by atoms with Gasteiger partial charge in [-0.15, -0.1) is 0 Å². The van der Waals surface area contributed by atoms with Crippen LogP contribution in [0.1, 0.15) is 22.8 Å². The molecular formula is C14H10BrClFIO. The van der Waals surface area contributed by atoms with Crippen molar-refractivity contribution in [1.82, 2.24) is 0 Å². The second-order valence-electron chi connectivity index (χ2n) is 4.19. The minimum atomic E-state index is -0.879. The fraction of sp³-hybridized carbons (Fsp3) is 0.143. The van der Waals surface area contributed by atoms with Crippen molar-refractivity contribution in [3.05, 3.63) is 65.9 Å². The van der Waals surface area contributed by atoms with Crippen molar-refractivity contribution < 1.29 is 9.50 Å². The Bertz CT molecular complexity index is 633. The third kappa shape index (κ3) is 3.29. The van der Waals surface area contributed by atoms with Gasteiger partial charge < -0.3 is 5.11 Å². The Balaban J connectivity index is 2.52. The van der Waals surface area contributed by atoms with Crippen LogP contribution in [0.15, 0.2) is 34.8 Å². The van der Waals surface area contributed by atoms with Crippen molar-refractivity contribution in [3.63, 3.8) is 0 Å². The molecule has 0 aliphatic rings. The van der Waals surface area contributed by atoms with Crippen molar-refractivity contribution in [3.8, 4) is 0 Å². The highest BCUT2D eigenvalue weighted by Gasteiger charge is 2.18. The Hall–Kier alpha value is -0.170. The summed E-state index contributed by atoms with van der Waals surface area (Å²) >= 11 is 11.5. The molecule has 1 atom stereocenters. The molecule has 0 radical (unpaired) electrons. The van der Waals surface area contributed by atoms with E-state index >= 15 is 0 Å². The standard InChI is InChI=1S/C14H10BrClFIO/c1-7-4-9(11(16)6-12(7)17)14(19)10-5-8(15)2-3-13(10)18/h2-6,14,19H,1H3. The van der Waals surface area contributed by atoms with Crippen LogP contribution in [0.2, 0.25) is 5.02 Å². The fourth-order valence-corrected chi connectivity index (χ4v) is 3.04. The summed E-state index contributed by atoms with van der Waals surface area (Å²) in [5.74, 6) is -0.370. The van der Waals surface area contributed by atoms with Crippen molar-refractivity contribution in [1.29, 1.82) is 0 Å². The lowest BCUT2D eigenvalue weighted by atomic mass is 10.00. The lowest BCUT2D eigenvalue weighted by molar-refractivity contribution is 0.219. The Labute approximate surface area is 138 Å². The van der Waals surface area contributed by atoms with E-state index in [9.17, 15) is 9.50 Å². The lowest BCUT2D eigenvalue weighted by Gasteiger charge is -2.16. The number of aliphatic hydroxyl groups is 1. The van der Waals surface area contributed by atoms with E-state index in [1.165, 1.54) is 6.07 Å². The molecular weight excluding hydrogens is 445 g/mol. The van der Waals surface area contributed by atoms with Gasteiger partial charge in [0.05, 0.1) is 0 Å². The minimum Gasteiger partial charge on any atom is -0.384 e. The molecule has 2 aromatic rings. The number of hydrogen-bond donors (Lipinski definition) is 1. The summed E-state index contributed by atoms with van der Waals surface area (Å²) in [6.45, 7) is 1.65. The summed E-state index contributed by atoms with van der Waals surface area (Å²) in [5, 5.41) is 10.7. The number of aliphatic hydroxyl groups excluding tert-OH is 1. The van der Waals surface area contributed by atoms with Crippen LogP contribution in [0.5, 0.6) is 0 Å². The monoisotopic (exact) mass is 454 g/mol. The average molecular weight is 455 g/mol. The first-order valence-electron chi connectivity index (χ1n) is 5.48. The van der Waals surface area contributed by atoms with E-state index in [1.807, 2.05) is 18.2 Å². The van der Waals surface area contributed by atoms with Crippen LogP contribution in [0.3, 0.4) is 0 Å². The topological polar surface area (TPSA) is 20.2 Å². The molecule has 19 heavy (non-hydrogen) atoms. The van der Waals surface area contributed by atoms with Gasteiger partial charge in [0.15, 0.2) is 0 Å². The smallest absolute Gasteiger partial charge is 0.127 e. The Morgan fingerprint density at radius 3 is 2.63 bits per heavy atom. The van der Waals surface area contributed by atoms with Gasteiger partial charge in [0.2, 0.25) is 0 Å². The van der Waals surface area contributed by atoms with Crippen LogP contribution in [0.4, 0.5) is 4.39 Å². The summed E-state index contributed by atoms with van der Waals surface area (Å²) in [6, 6.07) is 8.45. The van der Waals surface area contributed by atoms with Crippen LogP contribution in [0, 0.1) is 16.3 Å². The third-order valence-electron chi connectivity index (χ3n) is 2.83. The minimum absolute atomic E-state index is 0.228. The second kappa shape index (κ2) is 6.08. The maximum Gasteiger partial charge on any atom is 0.127 e. The van der Waals surface area contributed by atoms with E-state index in [0.29, 0.717) is 11.1 Å². The molecule has 0 amide bonds. The number of hydrogen-bond acceptors (Lipinski definition) is 1. The zero-order valence-electron chi connectivity index (χ0n) is 9.92. The van der Waals surface area contributed by atoms with Gasteiger partial charge in [-0.2, -0.15) is 0 Å². The molecule has 0 spiro atoms. The highest BCUT2D eigenvalue weighted by atomic mass is 127. The maximum atomic E-state index is 13.4. The van der Waals surface area contributed by atoms with E-state index in [0.717, 1.165) is 13.6 Å². The largest absolute Gasteiger partial charge is 0.384 e. The Kier molecular flexibility index (Phi) is 4.87. The predicted octanol–water partition coefficient (Wildman–Crippen LogP) is 5.24. The number of rotatable bonds is 2. The maximum absolute atomic E-state index is 13.4. The van der Waals surface area contributed by atoms with Gasteiger partial charge in [-0.3, -0.25) is 0 Å². The van der Waals surface area contributed by atoms with Crippen molar-refractivity contribution in [2.45, 2.75) is 13.0 Å². The Morgan fingerprint density at radius 2 is 1.95 bits per heavy atom. The first-order valence-corrected chi connectivity index (χ1v) is 7.73. The SMILES string of the molecule is Cc1cc(C(O)c2cc(Br)ccc2I)c(Cl)cc1F. The molecule has 100 valence electrons. The summed E-state index contributed by atoms with van der Waals surface area (Å²) in [4.78, 5) is 0. The van der Waals surface area contributed by atoms with Gasteiger partial charge in [-0.1, -0.05) is 27.5 Å². The van der Waals surface area contributed by atoms with E-state index in [2.05, 4.69) is 38.5 Å². The molecule has 1 nitrogen and oxygen atoms in total. The van der Waals surface area contributed by atoms with Crippen LogP contribution >= 0.6 is 50.1 Å². The van der Waals surface area contributed by atoms with E-state index in [-0.39, 0.29) is 10.8 Å². The predicted molar refractivity (Wildman–Crippen MR) is 87.1 cm³/mol. The highest BCUT2D eigenvalue weighted by Crippen LogP contribution is 2.33. The van der Waals surface area contributed by atoms with E-state index in [1.54, 1.807) is 13.0 Å². The van der Waals surface area contributed by atoms with Crippen LogP contribution in [-0.2, 0) is 0 Å². The average Bonchev–Trinajstić information content (AvgIpc) is 2.36. The van der Waals surface area contributed by atoms with Crippen LogP contribution in [0.25, 0.3) is 0 Å². The first-order chi connectivity index (χ1) is 8.90. The van der Waals surface area contributed by atoms with Crippen molar-refractivity contribution in [2.75, 3.05) is 0 Å². The van der Waals surface area contributed by atoms with Gasteiger partial charge in [-0.25, -0.2) is 4.39 Å². The normalized spacial score (nSPS) is 12.5.